The highest BCUT2D eigenvalue weighted by Crippen LogP contribution is 2.34. The van der Waals surface area contributed by atoms with E-state index < -0.39 is 5.97 Å². The summed E-state index contributed by atoms with van der Waals surface area (Å²) in [5.41, 5.74) is 9.98. The highest BCUT2D eigenvalue weighted by atomic mass is 16.4. The lowest BCUT2D eigenvalue weighted by atomic mass is 9.99. The van der Waals surface area contributed by atoms with Gasteiger partial charge in [-0.2, -0.15) is 0 Å². The van der Waals surface area contributed by atoms with Crippen LogP contribution in [0.4, 0.5) is 5.69 Å². The van der Waals surface area contributed by atoms with Gasteiger partial charge in [0.1, 0.15) is 0 Å². The van der Waals surface area contributed by atoms with Crippen LogP contribution in [-0.4, -0.2) is 16.1 Å². The fraction of sp³-hybridized carbons (Fsp3) is 0. The fourth-order valence-electron chi connectivity index (χ4n) is 3.02. The number of para-hydroxylation sites is 2. The second kappa shape index (κ2) is 4.88. The summed E-state index contributed by atoms with van der Waals surface area (Å²) in [7, 11) is 0. The highest BCUT2D eigenvalue weighted by Gasteiger charge is 2.13. The number of rotatable bonds is 2. The van der Waals surface area contributed by atoms with Gasteiger partial charge in [0, 0.05) is 27.5 Å². The maximum atomic E-state index is 11.3. The number of carbonyl (C=O) groups is 1. The average molecular weight is 302 g/mol. The van der Waals surface area contributed by atoms with Crippen LogP contribution in [0.5, 0.6) is 0 Å². The second-order valence-corrected chi connectivity index (χ2v) is 5.51. The number of H-pyrrole nitrogens is 1. The van der Waals surface area contributed by atoms with E-state index in [-0.39, 0.29) is 11.3 Å². The minimum Gasteiger partial charge on any atom is -0.478 e. The number of hydrogen-bond acceptors (Lipinski definition) is 2. The number of nitrogen functional groups attached to an aromatic ring is 1. The number of carboxylic acid groups (broad SMARTS) is 1. The lowest BCUT2D eigenvalue weighted by Gasteiger charge is -2.07. The molecule has 0 fully saturated rings. The molecule has 1 heterocycles. The molecule has 0 saturated heterocycles. The van der Waals surface area contributed by atoms with Gasteiger partial charge in [-0.15, -0.1) is 0 Å². The van der Waals surface area contributed by atoms with Crippen molar-refractivity contribution < 1.29 is 9.90 Å². The minimum atomic E-state index is -1.02. The Kier molecular flexibility index (Phi) is 2.84. The van der Waals surface area contributed by atoms with E-state index in [0.717, 1.165) is 32.9 Å². The Labute approximate surface area is 132 Å². The van der Waals surface area contributed by atoms with Crippen LogP contribution >= 0.6 is 0 Å². The first-order chi connectivity index (χ1) is 11.1. The van der Waals surface area contributed by atoms with Gasteiger partial charge in [0.15, 0.2) is 0 Å². The highest BCUT2D eigenvalue weighted by molar-refractivity contribution is 6.12. The molecule has 4 nitrogen and oxygen atoms in total. The number of hydrogen-bond donors (Lipinski definition) is 3. The summed E-state index contributed by atoms with van der Waals surface area (Å²) >= 11 is 0. The Morgan fingerprint density at radius 2 is 1.74 bits per heavy atom. The normalized spacial score (nSPS) is 11.1. The SMILES string of the molecule is Nc1ccc(-c2cccc3c2[nH]c2ccccc23)cc1C(=O)O. The quantitative estimate of drug-likeness (QED) is 0.484. The number of benzene rings is 3. The summed E-state index contributed by atoms with van der Waals surface area (Å²) in [6.45, 7) is 0. The number of aromatic carboxylic acids is 1. The number of nitrogens with one attached hydrogen (secondary N) is 1. The number of fused-ring (bicyclic) bond motifs is 3. The zero-order valence-electron chi connectivity index (χ0n) is 12.2. The predicted molar refractivity (Wildman–Crippen MR) is 92.6 cm³/mol. The van der Waals surface area contributed by atoms with Crippen LogP contribution in [0, 0.1) is 0 Å². The van der Waals surface area contributed by atoms with E-state index in [4.69, 9.17) is 5.73 Å². The molecular formula is C19H14N2O2. The molecule has 0 bridgehead atoms. The van der Waals surface area contributed by atoms with Gasteiger partial charge in [-0.25, -0.2) is 4.79 Å². The Morgan fingerprint density at radius 1 is 0.957 bits per heavy atom. The summed E-state index contributed by atoms with van der Waals surface area (Å²) in [6.07, 6.45) is 0. The average Bonchev–Trinajstić information content (AvgIpc) is 2.94. The van der Waals surface area contributed by atoms with Gasteiger partial charge in [0.05, 0.1) is 11.1 Å². The van der Waals surface area contributed by atoms with Gasteiger partial charge in [0.25, 0.3) is 0 Å². The van der Waals surface area contributed by atoms with Crippen LogP contribution in [0.25, 0.3) is 32.9 Å². The van der Waals surface area contributed by atoms with Gasteiger partial charge >= 0.3 is 5.97 Å². The smallest absolute Gasteiger partial charge is 0.337 e. The number of carboxylic acids is 1. The molecule has 4 aromatic rings. The van der Waals surface area contributed by atoms with Crippen molar-refractivity contribution in [3.63, 3.8) is 0 Å². The Bertz CT molecular complexity index is 1060. The fourth-order valence-corrected chi connectivity index (χ4v) is 3.02. The number of aromatic amines is 1. The van der Waals surface area contributed by atoms with E-state index in [2.05, 4.69) is 17.1 Å². The standard InChI is InChI=1S/C19H14N2O2/c20-16-9-8-11(10-15(16)19(22)23)12-5-3-6-14-13-4-1-2-7-17(13)21-18(12)14/h1-10,21H,20H2,(H,22,23). The lowest BCUT2D eigenvalue weighted by Crippen LogP contribution is -2.02. The zero-order valence-corrected chi connectivity index (χ0v) is 12.2. The summed E-state index contributed by atoms with van der Waals surface area (Å²) < 4.78 is 0. The molecule has 0 amide bonds. The van der Waals surface area contributed by atoms with Crippen LogP contribution < -0.4 is 5.73 Å². The Hall–Kier alpha value is -3.27. The van der Waals surface area contributed by atoms with Gasteiger partial charge in [-0.3, -0.25) is 0 Å². The first-order valence-electron chi connectivity index (χ1n) is 7.28. The van der Waals surface area contributed by atoms with Gasteiger partial charge < -0.3 is 15.8 Å². The predicted octanol–water partition coefficient (Wildman–Crippen LogP) is 4.27. The van der Waals surface area contributed by atoms with Crippen molar-refractivity contribution in [1.29, 1.82) is 0 Å². The van der Waals surface area contributed by atoms with Gasteiger partial charge in [-0.1, -0.05) is 42.5 Å². The Morgan fingerprint density at radius 3 is 2.57 bits per heavy atom. The molecule has 0 unspecified atom stereocenters. The van der Waals surface area contributed by atoms with Crippen LogP contribution in [0.2, 0.25) is 0 Å². The third kappa shape index (κ3) is 2.04. The molecule has 4 rings (SSSR count). The van der Waals surface area contributed by atoms with E-state index in [1.807, 2.05) is 36.4 Å². The second-order valence-electron chi connectivity index (χ2n) is 5.51. The molecule has 0 aliphatic carbocycles. The van der Waals surface area contributed by atoms with E-state index in [1.165, 1.54) is 0 Å². The van der Waals surface area contributed by atoms with E-state index in [9.17, 15) is 9.90 Å². The molecule has 0 aliphatic heterocycles. The van der Waals surface area contributed by atoms with Crippen LogP contribution in [0.1, 0.15) is 10.4 Å². The van der Waals surface area contributed by atoms with Crippen molar-refractivity contribution in [2.45, 2.75) is 0 Å². The maximum Gasteiger partial charge on any atom is 0.337 e. The third-order valence-electron chi connectivity index (χ3n) is 4.14. The van der Waals surface area contributed by atoms with E-state index in [1.54, 1.807) is 12.1 Å². The van der Waals surface area contributed by atoms with Gasteiger partial charge in [0.2, 0.25) is 0 Å². The lowest BCUT2D eigenvalue weighted by molar-refractivity contribution is 0.0698. The van der Waals surface area contributed by atoms with E-state index >= 15 is 0 Å². The molecule has 3 aromatic carbocycles. The van der Waals surface area contributed by atoms with Crippen molar-refractivity contribution in [2.24, 2.45) is 0 Å². The van der Waals surface area contributed by atoms with Crippen LogP contribution in [0.3, 0.4) is 0 Å². The van der Waals surface area contributed by atoms with Crippen molar-refractivity contribution in [1.82, 2.24) is 4.98 Å². The first kappa shape index (κ1) is 13.4. The molecule has 4 N–H and O–H groups in total. The van der Waals surface area contributed by atoms with Crippen LogP contribution in [-0.2, 0) is 0 Å². The molecule has 112 valence electrons. The largest absolute Gasteiger partial charge is 0.478 e. The summed E-state index contributed by atoms with van der Waals surface area (Å²) in [5, 5.41) is 11.5. The molecule has 0 saturated carbocycles. The minimum absolute atomic E-state index is 0.121. The zero-order chi connectivity index (χ0) is 16.0. The topological polar surface area (TPSA) is 79.1 Å². The Balaban J connectivity index is 2.03. The number of nitrogens with two attached hydrogens (primary N) is 1. The summed E-state index contributed by atoms with van der Waals surface area (Å²) in [4.78, 5) is 14.8. The first-order valence-corrected chi connectivity index (χ1v) is 7.28. The molecule has 1 aromatic heterocycles. The van der Waals surface area contributed by atoms with E-state index in [0.29, 0.717) is 0 Å². The van der Waals surface area contributed by atoms with Gasteiger partial charge in [-0.05, 0) is 23.8 Å². The molecule has 0 radical (unpaired) electrons. The van der Waals surface area contributed by atoms with Crippen molar-refractivity contribution in [3.8, 4) is 11.1 Å². The number of aromatic nitrogens is 1. The molecule has 0 atom stereocenters. The molecule has 0 aliphatic rings. The molecule has 23 heavy (non-hydrogen) atoms. The van der Waals surface area contributed by atoms with Crippen molar-refractivity contribution in [2.75, 3.05) is 5.73 Å². The molecule has 0 spiro atoms. The summed E-state index contributed by atoms with van der Waals surface area (Å²) in [5.74, 6) is -1.02. The van der Waals surface area contributed by atoms with Crippen molar-refractivity contribution >= 4 is 33.5 Å². The van der Waals surface area contributed by atoms with Crippen LogP contribution in [0.15, 0.2) is 60.7 Å². The summed E-state index contributed by atoms with van der Waals surface area (Å²) in [6, 6.07) is 19.2. The monoisotopic (exact) mass is 302 g/mol. The molecular weight excluding hydrogens is 288 g/mol. The third-order valence-corrected chi connectivity index (χ3v) is 4.14. The van der Waals surface area contributed by atoms with Crippen molar-refractivity contribution in [3.05, 3.63) is 66.2 Å². The maximum absolute atomic E-state index is 11.3. The number of anilines is 1. The molecule has 4 heteroatoms.